The summed E-state index contributed by atoms with van der Waals surface area (Å²) in [5, 5.41) is 0.430. The van der Waals surface area contributed by atoms with Gasteiger partial charge < -0.3 is 5.73 Å². The van der Waals surface area contributed by atoms with Crippen LogP contribution in [0.4, 0.5) is 5.69 Å². The van der Waals surface area contributed by atoms with Crippen molar-refractivity contribution in [2.45, 2.75) is 6.92 Å². The highest BCUT2D eigenvalue weighted by molar-refractivity contribution is 6.35. The van der Waals surface area contributed by atoms with Gasteiger partial charge in [0.1, 0.15) is 0 Å². The Morgan fingerprint density at radius 2 is 1.61 bits per heavy atom. The minimum atomic E-state index is -0.0688. The average molecular weight is 322 g/mol. The van der Waals surface area contributed by atoms with Gasteiger partial charge in [-0.1, -0.05) is 60.1 Å². The zero-order valence-corrected chi connectivity index (χ0v) is 13.5. The van der Waals surface area contributed by atoms with Crippen LogP contribution in [0.25, 0.3) is 11.1 Å². The summed E-state index contributed by atoms with van der Waals surface area (Å²) in [7, 11) is 0. The number of aryl methyl sites for hydroxylation is 1. The predicted molar refractivity (Wildman–Crippen MR) is 95.9 cm³/mol. The minimum Gasteiger partial charge on any atom is -0.398 e. The third kappa shape index (κ3) is 2.99. The van der Waals surface area contributed by atoms with Crippen LogP contribution in [-0.2, 0) is 0 Å². The molecule has 0 saturated carbocycles. The molecule has 0 spiro atoms. The number of nitrogen functional groups attached to an aromatic ring is 1. The fourth-order valence-electron chi connectivity index (χ4n) is 2.60. The van der Waals surface area contributed by atoms with E-state index in [1.807, 2.05) is 61.5 Å². The van der Waals surface area contributed by atoms with Gasteiger partial charge in [0, 0.05) is 22.4 Å². The summed E-state index contributed by atoms with van der Waals surface area (Å²) in [6.07, 6.45) is 0. The smallest absolute Gasteiger partial charge is 0.194 e. The largest absolute Gasteiger partial charge is 0.398 e. The van der Waals surface area contributed by atoms with Gasteiger partial charge in [-0.05, 0) is 36.2 Å². The Bertz CT molecular complexity index is 886. The van der Waals surface area contributed by atoms with Gasteiger partial charge in [-0.3, -0.25) is 4.79 Å². The van der Waals surface area contributed by atoms with Gasteiger partial charge in [0.15, 0.2) is 5.78 Å². The van der Waals surface area contributed by atoms with Gasteiger partial charge >= 0.3 is 0 Å². The Labute approximate surface area is 140 Å². The molecule has 0 aliphatic carbocycles. The molecule has 0 saturated heterocycles. The van der Waals surface area contributed by atoms with E-state index in [0.29, 0.717) is 21.8 Å². The van der Waals surface area contributed by atoms with E-state index >= 15 is 0 Å². The van der Waals surface area contributed by atoms with E-state index < -0.39 is 0 Å². The Morgan fingerprint density at radius 3 is 2.30 bits per heavy atom. The lowest BCUT2D eigenvalue weighted by molar-refractivity contribution is 0.103. The Balaban J connectivity index is 2.02. The van der Waals surface area contributed by atoms with Crippen LogP contribution in [0.1, 0.15) is 21.5 Å². The molecule has 0 atom stereocenters. The number of rotatable bonds is 3. The number of ketones is 1. The molecule has 3 aromatic rings. The summed E-state index contributed by atoms with van der Waals surface area (Å²) >= 11 is 6.37. The number of para-hydroxylation sites is 1. The van der Waals surface area contributed by atoms with Crippen molar-refractivity contribution >= 4 is 23.1 Å². The van der Waals surface area contributed by atoms with Crippen molar-refractivity contribution in [3.05, 3.63) is 88.4 Å². The maximum atomic E-state index is 12.7. The number of benzene rings is 3. The van der Waals surface area contributed by atoms with Crippen LogP contribution in [0.2, 0.25) is 5.02 Å². The SMILES string of the molecule is Cc1ccccc1C(=O)c1ccc(-c2ccccc2N)cc1Cl. The van der Waals surface area contributed by atoms with E-state index in [0.717, 1.165) is 16.7 Å². The third-order valence-corrected chi connectivity index (χ3v) is 4.19. The number of hydrogen-bond donors (Lipinski definition) is 1. The van der Waals surface area contributed by atoms with Gasteiger partial charge in [0.25, 0.3) is 0 Å². The van der Waals surface area contributed by atoms with Gasteiger partial charge in [0.2, 0.25) is 0 Å². The highest BCUT2D eigenvalue weighted by Crippen LogP contribution is 2.30. The fourth-order valence-corrected chi connectivity index (χ4v) is 2.87. The van der Waals surface area contributed by atoms with Crippen molar-refractivity contribution < 1.29 is 4.79 Å². The summed E-state index contributed by atoms with van der Waals surface area (Å²) in [5.74, 6) is -0.0688. The van der Waals surface area contributed by atoms with E-state index in [4.69, 9.17) is 17.3 Å². The Hall–Kier alpha value is -2.58. The zero-order chi connectivity index (χ0) is 16.4. The van der Waals surface area contributed by atoms with Crippen molar-refractivity contribution in [2.24, 2.45) is 0 Å². The molecule has 2 N–H and O–H groups in total. The van der Waals surface area contributed by atoms with Crippen LogP contribution >= 0.6 is 11.6 Å². The zero-order valence-electron chi connectivity index (χ0n) is 12.7. The number of carbonyl (C=O) groups excluding carboxylic acids is 1. The van der Waals surface area contributed by atoms with Gasteiger partial charge in [-0.2, -0.15) is 0 Å². The molecular formula is C20H16ClNO. The number of nitrogens with two attached hydrogens (primary N) is 1. The Morgan fingerprint density at radius 1 is 0.913 bits per heavy atom. The van der Waals surface area contributed by atoms with E-state index in [9.17, 15) is 4.79 Å². The van der Waals surface area contributed by atoms with Crippen LogP contribution < -0.4 is 5.73 Å². The molecule has 3 heteroatoms. The second kappa shape index (κ2) is 6.27. The molecule has 0 aromatic heterocycles. The van der Waals surface area contributed by atoms with Gasteiger partial charge in [0.05, 0.1) is 5.02 Å². The van der Waals surface area contributed by atoms with Crippen molar-refractivity contribution in [2.75, 3.05) is 5.73 Å². The third-order valence-electron chi connectivity index (χ3n) is 3.88. The molecule has 0 heterocycles. The van der Waals surface area contributed by atoms with Crippen LogP contribution in [0.3, 0.4) is 0 Å². The molecule has 0 unspecified atom stereocenters. The predicted octanol–water partition coefficient (Wildman–Crippen LogP) is 5.13. The molecular weight excluding hydrogens is 306 g/mol. The van der Waals surface area contributed by atoms with Gasteiger partial charge in [-0.15, -0.1) is 0 Å². The first-order valence-electron chi connectivity index (χ1n) is 7.32. The molecule has 23 heavy (non-hydrogen) atoms. The summed E-state index contributed by atoms with van der Waals surface area (Å²) < 4.78 is 0. The highest BCUT2D eigenvalue weighted by Gasteiger charge is 2.15. The van der Waals surface area contributed by atoms with E-state index in [1.54, 1.807) is 12.1 Å². The molecule has 0 bridgehead atoms. The molecule has 0 amide bonds. The first kappa shape index (κ1) is 15.3. The van der Waals surface area contributed by atoms with Crippen molar-refractivity contribution in [1.82, 2.24) is 0 Å². The first-order chi connectivity index (χ1) is 11.1. The number of halogens is 1. The number of anilines is 1. The lowest BCUT2D eigenvalue weighted by Gasteiger charge is -2.10. The lowest BCUT2D eigenvalue weighted by atomic mass is 9.96. The van der Waals surface area contributed by atoms with Crippen molar-refractivity contribution in [1.29, 1.82) is 0 Å². The number of hydrogen-bond acceptors (Lipinski definition) is 2. The second-order valence-corrected chi connectivity index (χ2v) is 5.83. The van der Waals surface area contributed by atoms with Crippen molar-refractivity contribution in [3.8, 4) is 11.1 Å². The molecule has 3 rings (SSSR count). The first-order valence-corrected chi connectivity index (χ1v) is 7.70. The summed E-state index contributed by atoms with van der Waals surface area (Å²) in [6.45, 7) is 1.92. The second-order valence-electron chi connectivity index (χ2n) is 5.43. The topological polar surface area (TPSA) is 43.1 Å². The summed E-state index contributed by atoms with van der Waals surface area (Å²) in [6, 6.07) is 20.5. The monoisotopic (exact) mass is 321 g/mol. The minimum absolute atomic E-state index is 0.0688. The van der Waals surface area contributed by atoms with E-state index in [2.05, 4.69) is 0 Å². The van der Waals surface area contributed by atoms with Crippen LogP contribution in [-0.4, -0.2) is 5.78 Å². The molecule has 0 aliphatic rings. The normalized spacial score (nSPS) is 10.5. The maximum absolute atomic E-state index is 12.7. The molecule has 3 aromatic carbocycles. The van der Waals surface area contributed by atoms with Crippen LogP contribution in [0.15, 0.2) is 66.7 Å². The summed E-state index contributed by atoms with van der Waals surface area (Å²) in [4.78, 5) is 12.7. The van der Waals surface area contributed by atoms with Crippen molar-refractivity contribution in [3.63, 3.8) is 0 Å². The van der Waals surface area contributed by atoms with Gasteiger partial charge in [-0.25, -0.2) is 0 Å². The highest BCUT2D eigenvalue weighted by atomic mass is 35.5. The average Bonchev–Trinajstić information content (AvgIpc) is 2.55. The molecule has 0 fully saturated rings. The van der Waals surface area contributed by atoms with Crippen LogP contribution in [0.5, 0.6) is 0 Å². The molecule has 2 nitrogen and oxygen atoms in total. The van der Waals surface area contributed by atoms with E-state index in [-0.39, 0.29) is 5.78 Å². The maximum Gasteiger partial charge on any atom is 0.194 e. The molecule has 114 valence electrons. The quantitative estimate of drug-likeness (QED) is 0.537. The van der Waals surface area contributed by atoms with Crippen LogP contribution in [0, 0.1) is 6.92 Å². The molecule has 0 radical (unpaired) electrons. The fraction of sp³-hybridized carbons (Fsp3) is 0.0500. The lowest BCUT2D eigenvalue weighted by Crippen LogP contribution is -2.04. The van der Waals surface area contributed by atoms with E-state index in [1.165, 1.54) is 0 Å². The standard InChI is InChI=1S/C20H16ClNO/c1-13-6-2-3-7-15(13)20(23)17-11-10-14(12-18(17)21)16-8-4-5-9-19(16)22/h2-12H,22H2,1H3. The molecule has 0 aliphatic heterocycles. The Kier molecular flexibility index (Phi) is 4.18. The number of carbonyl (C=O) groups is 1. The summed E-state index contributed by atoms with van der Waals surface area (Å²) in [5.41, 5.74) is 10.6.